The molecule has 2 heteroatoms. The van der Waals surface area contributed by atoms with Gasteiger partial charge in [-0.3, -0.25) is 0 Å². The first-order valence-electron chi connectivity index (χ1n) is 17.2. The van der Waals surface area contributed by atoms with Gasteiger partial charge < -0.3 is 4.90 Å². The van der Waals surface area contributed by atoms with Crippen LogP contribution in [0.1, 0.15) is 16.7 Å². The lowest BCUT2D eigenvalue weighted by Crippen LogP contribution is -2.54. The van der Waals surface area contributed by atoms with E-state index in [1.165, 1.54) is 81.9 Å². The molecule has 9 rings (SSSR count). The van der Waals surface area contributed by atoms with Crippen molar-refractivity contribution in [1.82, 2.24) is 0 Å². The molecule has 0 unspecified atom stereocenters. The van der Waals surface area contributed by atoms with Crippen molar-refractivity contribution in [3.63, 3.8) is 0 Å². The molecule has 0 bridgehead atoms. The Kier molecular flexibility index (Phi) is 6.99. The van der Waals surface area contributed by atoms with Gasteiger partial charge >= 0.3 is 0 Å². The highest BCUT2D eigenvalue weighted by Crippen LogP contribution is 2.44. The van der Waals surface area contributed by atoms with Crippen LogP contribution in [-0.2, 0) is 0 Å². The molecule has 0 fully saturated rings. The highest BCUT2D eigenvalue weighted by atomic mass is 15.1. The molecule has 0 saturated carbocycles. The Morgan fingerprint density at radius 1 is 0.388 bits per heavy atom. The molecular formula is C47H36BN. The Balaban J connectivity index is 1.33. The van der Waals surface area contributed by atoms with E-state index < -0.39 is 0 Å². The molecule has 0 radical (unpaired) electrons. The maximum Gasteiger partial charge on any atom is 0.242 e. The van der Waals surface area contributed by atoms with Crippen LogP contribution in [0.5, 0.6) is 0 Å². The van der Waals surface area contributed by atoms with Crippen molar-refractivity contribution in [2.75, 3.05) is 4.90 Å². The fraction of sp³-hybridized carbons (Fsp3) is 0.0638. The van der Waals surface area contributed by atoms with E-state index in [-0.39, 0.29) is 6.71 Å². The second-order valence-corrected chi connectivity index (χ2v) is 13.5. The highest BCUT2D eigenvalue weighted by molar-refractivity contribution is 6.97. The number of aryl methyl sites for hydroxylation is 3. The van der Waals surface area contributed by atoms with Crippen LogP contribution >= 0.6 is 0 Å². The van der Waals surface area contributed by atoms with E-state index in [4.69, 9.17) is 0 Å². The fourth-order valence-corrected chi connectivity index (χ4v) is 8.02. The number of anilines is 3. The number of benzene rings is 9. The number of rotatable bonds is 6. The summed E-state index contributed by atoms with van der Waals surface area (Å²) in [5, 5.41) is 10.2. The monoisotopic (exact) mass is 625 g/mol. The molecule has 0 aromatic heterocycles. The largest absolute Gasteiger partial charge is 0.310 e. The van der Waals surface area contributed by atoms with Gasteiger partial charge in [0.15, 0.2) is 0 Å². The van der Waals surface area contributed by atoms with Crippen molar-refractivity contribution in [2.45, 2.75) is 20.8 Å². The van der Waals surface area contributed by atoms with Gasteiger partial charge in [-0.15, -0.1) is 0 Å². The van der Waals surface area contributed by atoms with Gasteiger partial charge in [-0.25, -0.2) is 0 Å². The predicted molar refractivity (Wildman–Crippen MR) is 214 cm³/mol. The van der Waals surface area contributed by atoms with Gasteiger partial charge in [0, 0.05) is 16.8 Å². The Bertz CT molecular complexity index is 2610. The van der Waals surface area contributed by atoms with Crippen molar-refractivity contribution in [3.8, 4) is 0 Å². The van der Waals surface area contributed by atoms with Crippen LogP contribution in [0.3, 0.4) is 0 Å². The molecular weight excluding hydrogens is 589 g/mol. The van der Waals surface area contributed by atoms with E-state index in [0.717, 1.165) is 11.4 Å². The quantitative estimate of drug-likeness (QED) is 0.131. The summed E-state index contributed by atoms with van der Waals surface area (Å²) in [6.07, 6.45) is 0. The van der Waals surface area contributed by atoms with Crippen molar-refractivity contribution < 1.29 is 0 Å². The third kappa shape index (κ3) is 4.87. The van der Waals surface area contributed by atoms with Gasteiger partial charge in [-0.2, -0.15) is 0 Å². The van der Waals surface area contributed by atoms with Gasteiger partial charge in [0.05, 0.1) is 5.69 Å². The Labute approximate surface area is 288 Å². The van der Waals surface area contributed by atoms with E-state index in [1.807, 2.05) is 0 Å². The molecule has 0 atom stereocenters. The molecule has 0 aliphatic heterocycles. The maximum atomic E-state index is 2.43. The summed E-state index contributed by atoms with van der Waals surface area (Å²) < 4.78 is 0. The van der Waals surface area contributed by atoms with Crippen LogP contribution in [0.2, 0.25) is 0 Å². The van der Waals surface area contributed by atoms with E-state index in [2.05, 4.69) is 189 Å². The average molecular weight is 626 g/mol. The van der Waals surface area contributed by atoms with E-state index in [1.54, 1.807) is 0 Å². The molecule has 9 aromatic rings. The van der Waals surface area contributed by atoms with E-state index in [0.29, 0.717) is 0 Å². The smallest absolute Gasteiger partial charge is 0.242 e. The highest BCUT2D eigenvalue weighted by Gasteiger charge is 2.28. The van der Waals surface area contributed by atoms with Crippen LogP contribution < -0.4 is 21.3 Å². The number of fused-ring (bicyclic) bond motifs is 1. The summed E-state index contributed by atoms with van der Waals surface area (Å²) in [4.78, 5) is 2.43. The standard InChI is InChI=1S/C47H36BN/c1-31-16-23-38(24-17-31)49(39-25-18-34-12-6-7-13-37(34)30-39)45-29-22-36-19-26-40-44(28-21-35-20-27-41(45)47(36)46(35)40)48(42-14-8-4-10-32(42)2)43-15-9-5-11-33(43)3/h4-30H,1-3H3. The van der Waals surface area contributed by atoms with Gasteiger partial charge in [0.2, 0.25) is 6.71 Å². The lowest BCUT2D eigenvalue weighted by atomic mass is 9.35. The summed E-state index contributed by atoms with van der Waals surface area (Å²) in [5.41, 5.74) is 11.4. The fourth-order valence-electron chi connectivity index (χ4n) is 8.02. The van der Waals surface area contributed by atoms with Gasteiger partial charge in [0.1, 0.15) is 0 Å². The van der Waals surface area contributed by atoms with Gasteiger partial charge in [-0.05, 0) is 88.8 Å². The van der Waals surface area contributed by atoms with Crippen LogP contribution in [0.4, 0.5) is 17.1 Å². The minimum Gasteiger partial charge on any atom is -0.310 e. The summed E-state index contributed by atoms with van der Waals surface area (Å²) in [7, 11) is 0. The topological polar surface area (TPSA) is 3.24 Å². The SMILES string of the molecule is Cc1ccc(N(c2ccc3ccccc3c2)c2ccc3ccc4c(B(c5ccccc5C)c5ccccc5C)ccc5ccc2c3c54)cc1. The van der Waals surface area contributed by atoms with Crippen LogP contribution in [0, 0.1) is 20.8 Å². The molecule has 0 spiro atoms. The van der Waals surface area contributed by atoms with E-state index >= 15 is 0 Å². The van der Waals surface area contributed by atoms with Gasteiger partial charge in [0.25, 0.3) is 0 Å². The number of hydrogen-bond donors (Lipinski definition) is 0. The van der Waals surface area contributed by atoms with Crippen LogP contribution in [0.25, 0.3) is 43.1 Å². The Morgan fingerprint density at radius 2 is 0.918 bits per heavy atom. The first kappa shape index (κ1) is 29.3. The lowest BCUT2D eigenvalue weighted by molar-refractivity contribution is 1.29. The molecule has 1 nitrogen and oxygen atoms in total. The van der Waals surface area contributed by atoms with Crippen LogP contribution in [0.15, 0.2) is 164 Å². The zero-order valence-electron chi connectivity index (χ0n) is 28.1. The second kappa shape index (κ2) is 11.7. The summed E-state index contributed by atoms with van der Waals surface area (Å²) in [6.45, 7) is 6.76. The summed E-state index contributed by atoms with van der Waals surface area (Å²) in [5.74, 6) is 0. The normalized spacial score (nSPS) is 11.6. The lowest BCUT2D eigenvalue weighted by Gasteiger charge is -2.28. The number of hydrogen-bond acceptors (Lipinski definition) is 1. The average Bonchev–Trinajstić information content (AvgIpc) is 3.14. The first-order chi connectivity index (χ1) is 24.0. The minimum absolute atomic E-state index is 0.119. The van der Waals surface area contributed by atoms with Gasteiger partial charge in [-0.1, -0.05) is 167 Å². The van der Waals surface area contributed by atoms with Crippen molar-refractivity contribution in [3.05, 3.63) is 180 Å². The maximum absolute atomic E-state index is 2.43. The summed E-state index contributed by atoms with van der Waals surface area (Å²) >= 11 is 0. The zero-order chi connectivity index (χ0) is 33.1. The summed E-state index contributed by atoms with van der Waals surface area (Å²) in [6, 6.07) is 60.8. The number of nitrogens with zero attached hydrogens (tertiary/aromatic N) is 1. The first-order valence-corrected chi connectivity index (χ1v) is 17.2. The Morgan fingerprint density at radius 3 is 1.61 bits per heavy atom. The van der Waals surface area contributed by atoms with Crippen molar-refractivity contribution >= 4 is 83.3 Å². The zero-order valence-corrected chi connectivity index (χ0v) is 28.1. The molecule has 0 aliphatic rings. The molecule has 0 amide bonds. The molecule has 0 heterocycles. The third-order valence-electron chi connectivity index (χ3n) is 10.5. The molecule has 0 aliphatic carbocycles. The molecule has 232 valence electrons. The molecule has 0 saturated heterocycles. The Hall–Kier alpha value is -5.86. The molecule has 49 heavy (non-hydrogen) atoms. The minimum atomic E-state index is 0.119. The third-order valence-corrected chi connectivity index (χ3v) is 10.5. The molecule has 9 aromatic carbocycles. The second-order valence-electron chi connectivity index (χ2n) is 13.5. The molecule has 0 N–H and O–H groups in total. The van der Waals surface area contributed by atoms with Crippen molar-refractivity contribution in [2.24, 2.45) is 0 Å². The predicted octanol–water partition coefficient (Wildman–Crippen LogP) is 10.6. The van der Waals surface area contributed by atoms with Crippen LogP contribution in [-0.4, -0.2) is 6.71 Å². The van der Waals surface area contributed by atoms with Crippen molar-refractivity contribution in [1.29, 1.82) is 0 Å². The van der Waals surface area contributed by atoms with E-state index in [9.17, 15) is 0 Å².